The molecule has 0 rings (SSSR count). The molecule has 0 saturated carbocycles. The number of allylic oxidation sites excluding steroid dienone is 10. The summed E-state index contributed by atoms with van der Waals surface area (Å²) < 4.78 is 34.1. The molecule has 0 saturated heterocycles. The summed E-state index contributed by atoms with van der Waals surface area (Å²) in [5.41, 5.74) is 0. The Kier molecular flexibility index (Phi) is 55.7. The van der Waals surface area contributed by atoms with E-state index in [1.165, 1.54) is 205 Å². The molecule has 0 radical (unpaired) electrons. The fraction of sp³-hybridized carbons (Fsp3) is 0.818. The van der Waals surface area contributed by atoms with Crippen LogP contribution in [-0.2, 0) is 32.7 Å². The predicted octanol–water partition coefficient (Wildman–Crippen LogP) is 19.6. The van der Waals surface area contributed by atoms with Crippen LogP contribution in [0.1, 0.15) is 296 Å². The summed E-state index contributed by atoms with van der Waals surface area (Å²) in [6, 6.07) is 0. The maximum atomic E-state index is 12.7. The van der Waals surface area contributed by atoms with Gasteiger partial charge in [-0.05, 0) is 51.4 Å². The molecule has 444 valence electrons. The van der Waals surface area contributed by atoms with E-state index in [9.17, 15) is 19.0 Å². The minimum absolute atomic E-state index is 0.0424. The van der Waals surface area contributed by atoms with E-state index in [0.29, 0.717) is 23.9 Å². The molecule has 0 amide bonds. The lowest BCUT2D eigenvalue weighted by Gasteiger charge is -2.28. The number of quaternary nitrogens is 1. The summed E-state index contributed by atoms with van der Waals surface area (Å²) >= 11 is 0. The maximum absolute atomic E-state index is 12.7. The van der Waals surface area contributed by atoms with Crippen LogP contribution < -0.4 is 4.89 Å². The quantitative estimate of drug-likeness (QED) is 0.0195. The van der Waals surface area contributed by atoms with E-state index in [0.717, 1.165) is 51.4 Å². The van der Waals surface area contributed by atoms with Gasteiger partial charge in [0, 0.05) is 12.8 Å². The molecular formula is C66H122NO8P. The van der Waals surface area contributed by atoms with Crippen LogP contribution in [0.3, 0.4) is 0 Å². The molecule has 2 unspecified atom stereocenters. The average molecular weight is 1090 g/mol. The molecule has 76 heavy (non-hydrogen) atoms. The second kappa shape index (κ2) is 57.4. The van der Waals surface area contributed by atoms with E-state index in [-0.39, 0.29) is 26.1 Å². The first-order valence-electron chi connectivity index (χ1n) is 32.0. The molecule has 2 atom stereocenters. The SMILES string of the molecule is CC/C=C\C/C=C\C/C=C\C/C=C\C/C=C\CCCC(=O)OC(COC(=O)CCCCCCCCCCCCCCCCCCCCCCCCCCCCCCCCCCCCC)COP(=O)([O-])OCC[N+](C)(C)C. The highest BCUT2D eigenvalue weighted by molar-refractivity contribution is 7.45. The van der Waals surface area contributed by atoms with Gasteiger partial charge in [0.15, 0.2) is 6.10 Å². The fourth-order valence-electron chi connectivity index (χ4n) is 9.17. The maximum Gasteiger partial charge on any atom is 0.306 e. The second-order valence-electron chi connectivity index (χ2n) is 22.8. The van der Waals surface area contributed by atoms with Crippen molar-refractivity contribution >= 4 is 19.8 Å². The van der Waals surface area contributed by atoms with Crippen molar-refractivity contribution in [3.63, 3.8) is 0 Å². The lowest BCUT2D eigenvalue weighted by molar-refractivity contribution is -0.870. The van der Waals surface area contributed by atoms with Crippen LogP contribution in [0.5, 0.6) is 0 Å². The molecular weight excluding hydrogens is 966 g/mol. The van der Waals surface area contributed by atoms with Crippen LogP contribution in [0.2, 0.25) is 0 Å². The molecule has 0 spiro atoms. The fourth-order valence-corrected chi connectivity index (χ4v) is 9.89. The van der Waals surface area contributed by atoms with Gasteiger partial charge in [0.05, 0.1) is 27.7 Å². The molecule has 10 heteroatoms. The smallest absolute Gasteiger partial charge is 0.306 e. The zero-order chi connectivity index (χ0) is 55.6. The number of hydrogen-bond donors (Lipinski definition) is 0. The summed E-state index contributed by atoms with van der Waals surface area (Å²) in [4.78, 5) is 37.8. The number of carbonyl (C=O) groups is 2. The molecule has 0 aliphatic rings. The average Bonchev–Trinajstić information content (AvgIpc) is 3.38. The number of nitrogens with zero attached hydrogens (tertiary/aromatic N) is 1. The van der Waals surface area contributed by atoms with Gasteiger partial charge in [-0.25, -0.2) is 0 Å². The number of phosphoric ester groups is 1. The van der Waals surface area contributed by atoms with Crippen molar-refractivity contribution in [3.05, 3.63) is 60.8 Å². The number of esters is 2. The summed E-state index contributed by atoms with van der Waals surface area (Å²) in [5, 5.41) is 0. The highest BCUT2D eigenvalue weighted by Gasteiger charge is 2.22. The number of rotatable bonds is 59. The Balaban J connectivity index is 3.98. The second-order valence-corrected chi connectivity index (χ2v) is 24.2. The third-order valence-corrected chi connectivity index (χ3v) is 15.0. The Morgan fingerprint density at radius 1 is 0.421 bits per heavy atom. The van der Waals surface area contributed by atoms with E-state index in [1.807, 2.05) is 27.2 Å². The number of likely N-dealkylation sites (N-methyl/N-ethyl adjacent to an activating group) is 1. The van der Waals surface area contributed by atoms with E-state index in [4.69, 9.17) is 18.5 Å². The number of ether oxygens (including phenoxy) is 2. The van der Waals surface area contributed by atoms with Crippen LogP contribution in [0.25, 0.3) is 0 Å². The Labute approximate surface area is 470 Å². The molecule has 0 aliphatic carbocycles. The zero-order valence-electron chi connectivity index (χ0n) is 50.5. The van der Waals surface area contributed by atoms with E-state index < -0.39 is 32.5 Å². The standard InChI is InChI=1S/C66H122NO8P/c1-6-8-10-12-14-16-18-20-22-24-25-26-27-28-29-30-31-32-33-34-35-36-37-38-39-40-41-43-44-46-48-50-52-54-56-58-65(68)72-62-64(63-74-76(70,71)73-61-60-67(3,4)5)75-66(69)59-57-55-53-51-49-47-45-42-23-21-19-17-15-13-11-9-7-2/h9,11,15,17,21,23,45,47,51,53,64H,6-8,10,12-14,16,18-20,22,24-44,46,48-50,52,54-63H2,1-5H3/b11-9-,17-15-,23-21-,47-45-,53-51-. The lowest BCUT2D eigenvalue weighted by atomic mass is 10.0. The lowest BCUT2D eigenvalue weighted by Crippen LogP contribution is -2.37. The zero-order valence-corrected chi connectivity index (χ0v) is 51.3. The minimum Gasteiger partial charge on any atom is -0.756 e. The number of phosphoric acid groups is 1. The van der Waals surface area contributed by atoms with Crippen molar-refractivity contribution in [2.24, 2.45) is 0 Å². The molecule has 0 bridgehead atoms. The van der Waals surface area contributed by atoms with Crippen LogP contribution in [-0.4, -0.2) is 70.0 Å². The highest BCUT2D eigenvalue weighted by atomic mass is 31.2. The van der Waals surface area contributed by atoms with Gasteiger partial charge in [-0.15, -0.1) is 0 Å². The van der Waals surface area contributed by atoms with Crippen molar-refractivity contribution in [1.29, 1.82) is 0 Å². The van der Waals surface area contributed by atoms with E-state index in [2.05, 4.69) is 68.5 Å². The van der Waals surface area contributed by atoms with Crippen molar-refractivity contribution in [3.8, 4) is 0 Å². The van der Waals surface area contributed by atoms with Gasteiger partial charge in [0.2, 0.25) is 0 Å². The van der Waals surface area contributed by atoms with Crippen molar-refractivity contribution in [2.75, 3.05) is 47.5 Å². The monoisotopic (exact) mass is 1090 g/mol. The Morgan fingerprint density at radius 3 is 1.11 bits per heavy atom. The first kappa shape index (κ1) is 73.7. The predicted molar refractivity (Wildman–Crippen MR) is 323 cm³/mol. The van der Waals surface area contributed by atoms with Crippen molar-refractivity contribution < 1.29 is 42.1 Å². The van der Waals surface area contributed by atoms with Gasteiger partial charge in [-0.3, -0.25) is 14.2 Å². The van der Waals surface area contributed by atoms with Crippen molar-refractivity contribution in [2.45, 2.75) is 302 Å². The van der Waals surface area contributed by atoms with Gasteiger partial charge < -0.3 is 27.9 Å². The van der Waals surface area contributed by atoms with Crippen LogP contribution in [0.4, 0.5) is 0 Å². The Morgan fingerprint density at radius 2 is 0.750 bits per heavy atom. The number of hydrogen-bond acceptors (Lipinski definition) is 8. The third kappa shape index (κ3) is 60.9. The molecule has 0 aliphatic heterocycles. The van der Waals surface area contributed by atoms with Crippen LogP contribution in [0, 0.1) is 0 Å². The summed E-state index contributed by atoms with van der Waals surface area (Å²) in [5.74, 6) is -0.893. The first-order valence-corrected chi connectivity index (χ1v) is 33.5. The third-order valence-electron chi connectivity index (χ3n) is 14.1. The van der Waals surface area contributed by atoms with E-state index >= 15 is 0 Å². The molecule has 0 aromatic heterocycles. The van der Waals surface area contributed by atoms with Gasteiger partial charge >= 0.3 is 11.9 Å². The molecule has 9 nitrogen and oxygen atoms in total. The van der Waals surface area contributed by atoms with Gasteiger partial charge in [-0.1, -0.05) is 293 Å². The summed E-state index contributed by atoms with van der Waals surface area (Å²) in [7, 11) is 1.13. The number of unbranched alkanes of at least 4 members (excludes halogenated alkanes) is 35. The van der Waals surface area contributed by atoms with Gasteiger partial charge in [-0.2, -0.15) is 0 Å². The first-order chi connectivity index (χ1) is 37.0. The Bertz CT molecular complexity index is 1470. The molecule has 0 N–H and O–H groups in total. The van der Waals surface area contributed by atoms with Crippen LogP contribution >= 0.6 is 7.82 Å². The minimum atomic E-state index is -4.65. The molecule has 0 heterocycles. The van der Waals surface area contributed by atoms with Gasteiger partial charge in [0.1, 0.15) is 19.8 Å². The van der Waals surface area contributed by atoms with Gasteiger partial charge in [0.25, 0.3) is 7.82 Å². The van der Waals surface area contributed by atoms with Crippen molar-refractivity contribution in [1.82, 2.24) is 0 Å². The van der Waals surface area contributed by atoms with E-state index in [1.54, 1.807) is 0 Å². The summed E-state index contributed by atoms with van der Waals surface area (Å²) in [6.45, 7) is 4.09. The van der Waals surface area contributed by atoms with Crippen LogP contribution in [0.15, 0.2) is 60.8 Å². The highest BCUT2D eigenvalue weighted by Crippen LogP contribution is 2.38. The molecule has 0 aromatic carbocycles. The Hall–Kier alpha value is -2.29. The normalized spacial score (nSPS) is 13.6. The molecule has 0 aromatic rings. The molecule has 0 fully saturated rings. The largest absolute Gasteiger partial charge is 0.756 e. The topological polar surface area (TPSA) is 111 Å². The summed E-state index contributed by atoms with van der Waals surface area (Å²) in [6.07, 6.45) is 74.7. The number of carbonyl (C=O) groups excluding carboxylic acids is 2.